The van der Waals surface area contributed by atoms with E-state index in [0.717, 1.165) is 42.8 Å². The fourth-order valence-electron chi connectivity index (χ4n) is 2.30. The Kier molecular flexibility index (Phi) is 7.17. The van der Waals surface area contributed by atoms with E-state index in [1.807, 2.05) is 13.8 Å². The molecule has 1 aromatic heterocycles. The average molecular weight is 307 g/mol. The molecule has 1 rings (SSSR count). The molecule has 122 valence electrons. The largest absolute Gasteiger partial charge is 0.522 e. The molecule has 0 unspecified atom stereocenters. The number of nitrogens with one attached hydrogen (secondary N) is 1. The highest BCUT2D eigenvalue weighted by Gasteiger charge is 2.29. The Bertz CT molecular complexity index is 430. The number of aryl methyl sites for hydroxylation is 1. The van der Waals surface area contributed by atoms with Gasteiger partial charge in [0.25, 0.3) is 0 Å². The fraction of sp³-hybridized carbons (Fsp3) is 0.786. The Hall–Kier alpha value is -1.08. The number of nitrogens with zero attached hydrogens (tertiary/aromatic N) is 2. The number of hydrogen-bond donors (Lipinski definition) is 1. The minimum atomic E-state index is -4.58. The van der Waals surface area contributed by atoms with Gasteiger partial charge in [-0.2, -0.15) is 5.10 Å². The number of rotatable bonds is 9. The zero-order chi connectivity index (χ0) is 15.9. The predicted octanol–water partition coefficient (Wildman–Crippen LogP) is 3.04. The molecule has 0 amide bonds. The van der Waals surface area contributed by atoms with E-state index in [4.69, 9.17) is 0 Å². The third kappa shape index (κ3) is 5.67. The van der Waals surface area contributed by atoms with Gasteiger partial charge in [-0.1, -0.05) is 20.8 Å². The van der Waals surface area contributed by atoms with Crippen LogP contribution in [0.2, 0.25) is 0 Å². The van der Waals surface area contributed by atoms with Gasteiger partial charge in [0.15, 0.2) is 0 Å². The van der Waals surface area contributed by atoms with Gasteiger partial charge < -0.3 is 5.32 Å². The van der Waals surface area contributed by atoms with E-state index in [0.29, 0.717) is 6.54 Å². The topological polar surface area (TPSA) is 39.1 Å². The van der Waals surface area contributed by atoms with Gasteiger partial charge in [0.05, 0.1) is 18.8 Å². The van der Waals surface area contributed by atoms with Gasteiger partial charge in [-0.25, -0.2) is 0 Å². The van der Waals surface area contributed by atoms with E-state index >= 15 is 0 Å². The normalized spacial score (nSPS) is 12.1. The first-order valence-electron chi connectivity index (χ1n) is 7.41. The second-order valence-electron chi connectivity index (χ2n) is 4.77. The highest BCUT2D eigenvalue weighted by Crippen LogP contribution is 2.18. The molecule has 1 heterocycles. The molecule has 1 N–H and O–H groups in total. The van der Waals surface area contributed by atoms with Gasteiger partial charge in [0.1, 0.15) is 0 Å². The summed E-state index contributed by atoms with van der Waals surface area (Å²) in [7, 11) is 0. The molecule has 7 heteroatoms. The van der Waals surface area contributed by atoms with Crippen molar-refractivity contribution >= 4 is 0 Å². The minimum absolute atomic E-state index is 0.115. The third-order valence-corrected chi connectivity index (χ3v) is 3.22. The first-order chi connectivity index (χ1) is 9.92. The molecule has 1 aromatic rings. The van der Waals surface area contributed by atoms with E-state index in [1.165, 1.54) is 0 Å². The van der Waals surface area contributed by atoms with Gasteiger partial charge in [-0.15, -0.1) is 13.2 Å². The zero-order valence-corrected chi connectivity index (χ0v) is 12.9. The first kappa shape index (κ1) is 18.0. The summed E-state index contributed by atoms with van der Waals surface area (Å²) in [5, 5.41) is 7.76. The number of ether oxygens (including phenoxy) is 1. The Balaban J connectivity index is 2.79. The molecular formula is C14H24F3N3O. The lowest BCUT2D eigenvalue weighted by Crippen LogP contribution is -2.19. The number of hydrogen-bond acceptors (Lipinski definition) is 3. The maximum Gasteiger partial charge on any atom is 0.522 e. The van der Waals surface area contributed by atoms with Crippen molar-refractivity contribution < 1.29 is 17.9 Å². The maximum atomic E-state index is 12.0. The first-order valence-corrected chi connectivity index (χ1v) is 7.41. The molecule has 21 heavy (non-hydrogen) atoms. The standard InChI is InChI=1S/C14H24F3N3O/c1-4-7-18-10-11-12(5-2)19-20(13(11)6-3)8-9-21-14(15,16)17/h18H,4-10H2,1-3H3. The summed E-state index contributed by atoms with van der Waals surface area (Å²) in [6, 6.07) is 0. The van der Waals surface area contributed by atoms with Crippen LogP contribution in [0.15, 0.2) is 0 Å². The van der Waals surface area contributed by atoms with E-state index in [-0.39, 0.29) is 6.54 Å². The van der Waals surface area contributed by atoms with Crippen molar-refractivity contribution in [2.24, 2.45) is 0 Å². The van der Waals surface area contributed by atoms with E-state index in [1.54, 1.807) is 4.68 Å². The third-order valence-electron chi connectivity index (χ3n) is 3.22. The van der Waals surface area contributed by atoms with Crippen LogP contribution in [0.4, 0.5) is 13.2 Å². The second kappa shape index (κ2) is 8.38. The van der Waals surface area contributed by atoms with Gasteiger partial charge in [0.2, 0.25) is 0 Å². The van der Waals surface area contributed by atoms with Crippen molar-refractivity contribution in [3.05, 3.63) is 17.0 Å². The molecule has 0 saturated heterocycles. The van der Waals surface area contributed by atoms with Crippen molar-refractivity contribution in [2.75, 3.05) is 13.2 Å². The van der Waals surface area contributed by atoms with Crippen LogP contribution >= 0.6 is 0 Å². The molecule has 0 aliphatic carbocycles. The smallest absolute Gasteiger partial charge is 0.313 e. The second-order valence-corrected chi connectivity index (χ2v) is 4.77. The lowest BCUT2D eigenvalue weighted by molar-refractivity contribution is -0.325. The summed E-state index contributed by atoms with van der Waals surface area (Å²) in [6.07, 6.45) is -2.04. The van der Waals surface area contributed by atoms with Crippen molar-refractivity contribution in [1.29, 1.82) is 0 Å². The molecule has 0 atom stereocenters. The van der Waals surface area contributed by atoms with Gasteiger partial charge >= 0.3 is 6.36 Å². The van der Waals surface area contributed by atoms with Crippen molar-refractivity contribution in [1.82, 2.24) is 15.1 Å². The molecule has 0 aromatic carbocycles. The molecule has 0 saturated carbocycles. The summed E-state index contributed by atoms with van der Waals surface area (Å²) >= 11 is 0. The quantitative estimate of drug-likeness (QED) is 0.713. The maximum absolute atomic E-state index is 12.0. The van der Waals surface area contributed by atoms with Crippen LogP contribution in [-0.2, 0) is 30.7 Å². The van der Waals surface area contributed by atoms with E-state index < -0.39 is 13.0 Å². The monoisotopic (exact) mass is 307 g/mol. The molecule has 0 radical (unpaired) electrons. The molecular weight excluding hydrogens is 283 g/mol. The summed E-state index contributed by atoms with van der Waals surface area (Å²) < 4.78 is 41.6. The van der Waals surface area contributed by atoms with Gasteiger partial charge in [-0.05, 0) is 25.8 Å². The molecule has 0 aliphatic rings. The zero-order valence-electron chi connectivity index (χ0n) is 12.9. The van der Waals surface area contributed by atoms with Crippen LogP contribution in [-0.4, -0.2) is 29.3 Å². The van der Waals surface area contributed by atoms with Crippen LogP contribution in [0.25, 0.3) is 0 Å². The highest BCUT2D eigenvalue weighted by atomic mass is 19.4. The molecule has 0 spiro atoms. The van der Waals surface area contributed by atoms with Crippen LogP contribution < -0.4 is 5.32 Å². The lowest BCUT2D eigenvalue weighted by atomic mass is 10.1. The highest BCUT2D eigenvalue weighted by molar-refractivity contribution is 5.26. The predicted molar refractivity (Wildman–Crippen MR) is 75.0 cm³/mol. The molecule has 0 bridgehead atoms. The Morgan fingerprint density at radius 1 is 1.19 bits per heavy atom. The number of halogens is 3. The van der Waals surface area contributed by atoms with Crippen LogP contribution in [0.3, 0.4) is 0 Å². The summed E-state index contributed by atoms with van der Waals surface area (Å²) in [6.45, 7) is 7.40. The van der Waals surface area contributed by atoms with E-state index in [2.05, 4.69) is 22.1 Å². The van der Waals surface area contributed by atoms with Crippen LogP contribution in [0.5, 0.6) is 0 Å². The SMILES string of the molecule is CCCNCc1c(CC)nn(CCOC(F)(F)F)c1CC. The number of aromatic nitrogens is 2. The van der Waals surface area contributed by atoms with Crippen LogP contribution in [0, 0.1) is 0 Å². The Morgan fingerprint density at radius 2 is 1.90 bits per heavy atom. The van der Waals surface area contributed by atoms with Gasteiger partial charge in [0, 0.05) is 17.8 Å². The summed E-state index contributed by atoms with van der Waals surface area (Å²) in [5.41, 5.74) is 3.05. The Morgan fingerprint density at radius 3 is 2.43 bits per heavy atom. The van der Waals surface area contributed by atoms with Crippen molar-refractivity contribution in [3.63, 3.8) is 0 Å². The lowest BCUT2D eigenvalue weighted by Gasteiger charge is -2.10. The summed E-state index contributed by atoms with van der Waals surface area (Å²) in [4.78, 5) is 0. The fourth-order valence-corrected chi connectivity index (χ4v) is 2.30. The molecule has 4 nitrogen and oxygen atoms in total. The molecule has 0 fully saturated rings. The molecule has 0 aliphatic heterocycles. The van der Waals surface area contributed by atoms with E-state index in [9.17, 15) is 13.2 Å². The van der Waals surface area contributed by atoms with Crippen molar-refractivity contribution in [3.8, 4) is 0 Å². The van der Waals surface area contributed by atoms with Crippen molar-refractivity contribution in [2.45, 2.75) is 59.5 Å². The van der Waals surface area contributed by atoms with Crippen LogP contribution in [0.1, 0.15) is 44.1 Å². The average Bonchev–Trinajstić information content (AvgIpc) is 2.75. The van der Waals surface area contributed by atoms with Gasteiger partial charge in [-0.3, -0.25) is 9.42 Å². The Labute approximate surface area is 123 Å². The minimum Gasteiger partial charge on any atom is -0.313 e. The summed E-state index contributed by atoms with van der Waals surface area (Å²) in [5.74, 6) is 0. The number of alkyl halides is 3.